The molecule has 0 aromatic heterocycles. The fourth-order valence-electron chi connectivity index (χ4n) is 1.75. The zero-order chi connectivity index (χ0) is 12.1. The van der Waals surface area contributed by atoms with Crippen molar-refractivity contribution in [1.29, 1.82) is 5.26 Å². The molecule has 0 aliphatic rings. The zero-order valence-corrected chi connectivity index (χ0v) is 9.64. The summed E-state index contributed by atoms with van der Waals surface area (Å²) in [4.78, 5) is 4.32. The van der Waals surface area contributed by atoms with Gasteiger partial charge in [-0.15, -0.1) is 0 Å². The van der Waals surface area contributed by atoms with Crippen LogP contribution in [0, 0.1) is 11.5 Å². The van der Waals surface area contributed by atoms with Gasteiger partial charge >= 0.3 is 0 Å². The van der Waals surface area contributed by atoms with Gasteiger partial charge in [-0.05, 0) is 23.3 Å². The fraction of sp³-hybridized carbons (Fsp3) is 0.143. The lowest BCUT2D eigenvalue weighted by Gasteiger charge is -2.04. The van der Waals surface area contributed by atoms with Gasteiger partial charge in [-0.25, -0.2) is 0 Å². The van der Waals surface area contributed by atoms with Gasteiger partial charge < -0.3 is 0 Å². The molecule has 0 spiro atoms. The Kier molecular flexibility index (Phi) is 3.37. The lowest BCUT2D eigenvalue weighted by molar-refractivity contribution is 1.05. The van der Waals surface area contributed by atoms with Gasteiger partial charge in [0.1, 0.15) is 5.84 Å². The van der Waals surface area contributed by atoms with Crippen molar-refractivity contribution in [3.63, 3.8) is 0 Å². The third-order valence-electron chi connectivity index (χ3n) is 2.60. The van der Waals surface area contributed by atoms with E-state index in [1.54, 1.807) is 6.92 Å². The molecule has 84 valence electrons. The molecule has 0 saturated carbocycles. The van der Waals surface area contributed by atoms with Crippen LogP contribution in [0.2, 0.25) is 0 Å². The van der Waals surface area contributed by atoms with Gasteiger partial charge in [0.2, 0.25) is 0 Å². The van der Waals surface area contributed by atoms with E-state index in [2.05, 4.69) is 34.6 Å². The number of fused-ring (bicyclic) bond motifs is 1. The number of hydrogen-bond donors (Lipinski definition) is 1. The third kappa shape index (κ3) is 2.61. The first-order valence-electron chi connectivity index (χ1n) is 5.44. The Labute approximate surface area is 100 Å². The Bertz CT molecular complexity index is 588. The summed E-state index contributed by atoms with van der Waals surface area (Å²) < 4.78 is 0. The Morgan fingerprint density at radius 2 is 2.00 bits per heavy atom. The van der Waals surface area contributed by atoms with Crippen LogP contribution < -0.4 is 5.32 Å². The monoisotopic (exact) mass is 223 g/mol. The summed E-state index contributed by atoms with van der Waals surface area (Å²) in [7, 11) is 0. The van der Waals surface area contributed by atoms with Crippen molar-refractivity contribution in [1.82, 2.24) is 5.32 Å². The van der Waals surface area contributed by atoms with Crippen LogP contribution in [-0.2, 0) is 6.54 Å². The lowest BCUT2D eigenvalue weighted by Crippen LogP contribution is -2.13. The molecule has 17 heavy (non-hydrogen) atoms. The van der Waals surface area contributed by atoms with Gasteiger partial charge in [-0.1, -0.05) is 42.5 Å². The molecule has 0 radical (unpaired) electrons. The number of nitrogens with one attached hydrogen (secondary N) is 1. The van der Waals surface area contributed by atoms with E-state index in [0.29, 0.717) is 12.4 Å². The molecule has 0 unspecified atom stereocenters. The van der Waals surface area contributed by atoms with Crippen molar-refractivity contribution in [2.75, 3.05) is 0 Å². The number of aliphatic imine (C=N–C) groups is 1. The molecule has 0 fully saturated rings. The molecule has 0 amide bonds. The Morgan fingerprint density at radius 3 is 2.82 bits per heavy atom. The standard InChI is InChI=1S/C14H13N3/c1-11(17-10-15)16-9-13-7-4-6-12-5-2-3-8-14(12)13/h2-8H,9H2,1H3,(H,16,17). The highest BCUT2D eigenvalue weighted by Crippen LogP contribution is 2.18. The quantitative estimate of drug-likeness (QED) is 0.368. The van der Waals surface area contributed by atoms with E-state index < -0.39 is 0 Å². The van der Waals surface area contributed by atoms with E-state index in [1.807, 2.05) is 24.4 Å². The highest BCUT2D eigenvalue weighted by molar-refractivity contribution is 5.86. The van der Waals surface area contributed by atoms with E-state index in [4.69, 9.17) is 5.26 Å². The lowest BCUT2D eigenvalue weighted by atomic mass is 10.0. The second kappa shape index (κ2) is 5.13. The molecule has 0 atom stereocenters. The fourth-order valence-corrected chi connectivity index (χ4v) is 1.75. The maximum atomic E-state index is 8.46. The van der Waals surface area contributed by atoms with E-state index in [-0.39, 0.29) is 0 Å². The first kappa shape index (κ1) is 11.2. The molecule has 1 N–H and O–H groups in total. The van der Waals surface area contributed by atoms with Crippen molar-refractivity contribution in [2.45, 2.75) is 13.5 Å². The van der Waals surface area contributed by atoms with Gasteiger partial charge in [-0.2, -0.15) is 5.26 Å². The average molecular weight is 223 g/mol. The molecule has 3 nitrogen and oxygen atoms in total. The number of amidine groups is 1. The SMILES string of the molecule is CC(=NCc1cccc2ccccc12)NC#N. The van der Waals surface area contributed by atoms with Crippen LogP contribution in [0.15, 0.2) is 47.5 Å². The minimum Gasteiger partial charge on any atom is -0.281 e. The van der Waals surface area contributed by atoms with E-state index >= 15 is 0 Å². The highest BCUT2D eigenvalue weighted by atomic mass is 15.0. The van der Waals surface area contributed by atoms with Gasteiger partial charge in [-0.3, -0.25) is 10.3 Å². The van der Waals surface area contributed by atoms with Crippen molar-refractivity contribution >= 4 is 16.6 Å². The van der Waals surface area contributed by atoms with Gasteiger partial charge in [0.25, 0.3) is 0 Å². The van der Waals surface area contributed by atoms with Crippen molar-refractivity contribution in [2.24, 2.45) is 4.99 Å². The number of hydrogen-bond acceptors (Lipinski definition) is 2. The van der Waals surface area contributed by atoms with E-state index in [0.717, 1.165) is 0 Å². The van der Waals surface area contributed by atoms with Crippen LogP contribution in [0.5, 0.6) is 0 Å². The second-order valence-corrected chi connectivity index (χ2v) is 3.78. The summed E-state index contributed by atoms with van der Waals surface area (Å²) >= 11 is 0. The number of rotatable bonds is 2. The van der Waals surface area contributed by atoms with Crippen molar-refractivity contribution in [3.8, 4) is 6.19 Å². The molecule has 0 bridgehead atoms. The molecule has 0 saturated heterocycles. The Balaban J connectivity index is 2.31. The average Bonchev–Trinajstić information content (AvgIpc) is 2.36. The Hall–Kier alpha value is -2.34. The second-order valence-electron chi connectivity index (χ2n) is 3.78. The predicted molar refractivity (Wildman–Crippen MR) is 69.5 cm³/mol. The molecular formula is C14H13N3. The van der Waals surface area contributed by atoms with Gasteiger partial charge in [0, 0.05) is 0 Å². The van der Waals surface area contributed by atoms with E-state index in [9.17, 15) is 0 Å². The number of benzene rings is 2. The number of nitrogens with zero attached hydrogens (tertiary/aromatic N) is 2. The molecule has 2 aromatic rings. The van der Waals surface area contributed by atoms with Crippen LogP contribution in [0.4, 0.5) is 0 Å². The van der Waals surface area contributed by atoms with Crippen LogP contribution in [0.25, 0.3) is 10.8 Å². The first-order valence-corrected chi connectivity index (χ1v) is 5.44. The smallest absolute Gasteiger partial charge is 0.182 e. The summed E-state index contributed by atoms with van der Waals surface area (Å²) in [6.45, 7) is 2.37. The summed E-state index contributed by atoms with van der Waals surface area (Å²) in [5.41, 5.74) is 1.17. The third-order valence-corrected chi connectivity index (χ3v) is 2.60. The molecule has 0 aliphatic carbocycles. The van der Waals surface area contributed by atoms with Crippen LogP contribution in [0.3, 0.4) is 0 Å². The minimum atomic E-state index is 0.585. The zero-order valence-electron chi connectivity index (χ0n) is 9.64. The maximum absolute atomic E-state index is 8.46. The first-order chi connectivity index (χ1) is 8.31. The van der Waals surface area contributed by atoms with Crippen molar-refractivity contribution in [3.05, 3.63) is 48.0 Å². The van der Waals surface area contributed by atoms with Crippen LogP contribution >= 0.6 is 0 Å². The minimum absolute atomic E-state index is 0.585. The van der Waals surface area contributed by atoms with Gasteiger partial charge in [0.05, 0.1) is 6.54 Å². The Morgan fingerprint density at radius 1 is 1.24 bits per heavy atom. The normalized spacial score (nSPS) is 11.2. The van der Waals surface area contributed by atoms with E-state index in [1.165, 1.54) is 16.3 Å². The summed E-state index contributed by atoms with van der Waals surface area (Å²) in [6.07, 6.45) is 1.86. The summed E-state index contributed by atoms with van der Waals surface area (Å²) in [6, 6.07) is 14.4. The maximum Gasteiger partial charge on any atom is 0.182 e. The van der Waals surface area contributed by atoms with Crippen molar-refractivity contribution < 1.29 is 0 Å². The molecule has 2 rings (SSSR count). The summed E-state index contributed by atoms with van der Waals surface area (Å²) in [5.74, 6) is 0.639. The van der Waals surface area contributed by atoms with Crippen LogP contribution in [0.1, 0.15) is 12.5 Å². The summed E-state index contributed by atoms with van der Waals surface area (Å²) in [5, 5.41) is 13.4. The predicted octanol–water partition coefficient (Wildman–Crippen LogP) is 2.83. The highest BCUT2D eigenvalue weighted by Gasteiger charge is 1.99. The van der Waals surface area contributed by atoms with Crippen LogP contribution in [-0.4, -0.2) is 5.84 Å². The molecule has 3 heteroatoms. The molecular weight excluding hydrogens is 210 g/mol. The number of nitriles is 1. The topological polar surface area (TPSA) is 48.2 Å². The molecule has 2 aromatic carbocycles. The largest absolute Gasteiger partial charge is 0.281 e. The van der Waals surface area contributed by atoms with Gasteiger partial charge in [0.15, 0.2) is 6.19 Å². The molecule has 0 heterocycles. The molecule has 0 aliphatic heterocycles.